The number of nitrogens with zero attached hydrogens (tertiary/aromatic N) is 3. The van der Waals surface area contributed by atoms with Gasteiger partial charge >= 0.3 is 0 Å². The van der Waals surface area contributed by atoms with Gasteiger partial charge in [0, 0.05) is 25.3 Å². The lowest BCUT2D eigenvalue weighted by Crippen LogP contribution is -2.34. The first-order valence-corrected chi connectivity index (χ1v) is 5.20. The van der Waals surface area contributed by atoms with Crippen molar-refractivity contribution < 1.29 is 0 Å². The minimum atomic E-state index is 0.565. The fraction of sp³-hybridized carbons (Fsp3) is 0.700. The van der Waals surface area contributed by atoms with Crippen molar-refractivity contribution in [2.75, 3.05) is 20.1 Å². The molecule has 1 unspecified atom stereocenters. The Morgan fingerprint density at radius 3 is 3.21 bits per heavy atom. The summed E-state index contributed by atoms with van der Waals surface area (Å²) >= 11 is 0. The van der Waals surface area contributed by atoms with Gasteiger partial charge in [0.15, 0.2) is 0 Å². The van der Waals surface area contributed by atoms with Crippen molar-refractivity contribution in [1.82, 2.24) is 14.5 Å². The maximum Gasteiger partial charge on any atom is 0.0951 e. The number of aromatic nitrogens is 2. The minimum Gasteiger partial charge on any atom is -0.329 e. The smallest absolute Gasteiger partial charge is 0.0951 e. The van der Waals surface area contributed by atoms with Crippen molar-refractivity contribution in [3.63, 3.8) is 0 Å². The zero-order chi connectivity index (χ0) is 9.97. The average molecular weight is 194 g/mol. The first-order chi connectivity index (χ1) is 6.81. The van der Waals surface area contributed by atoms with E-state index in [4.69, 9.17) is 5.73 Å². The number of likely N-dealkylation sites (N-methyl/N-ethyl adjacent to an activating group) is 1. The molecule has 0 aromatic carbocycles. The van der Waals surface area contributed by atoms with Crippen LogP contribution >= 0.6 is 0 Å². The van der Waals surface area contributed by atoms with Crippen LogP contribution in [0.2, 0.25) is 0 Å². The minimum absolute atomic E-state index is 0.565. The van der Waals surface area contributed by atoms with E-state index in [1.165, 1.54) is 19.4 Å². The van der Waals surface area contributed by atoms with Crippen molar-refractivity contribution in [2.45, 2.75) is 25.4 Å². The quantitative estimate of drug-likeness (QED) is 0.750. The van der Waals surface area contributed by atoms with E-state index < -0.39 is 0 Å². The van der Waals surface area contributed by atoms with Gasteiger partial charge in [-0.3, -0.25) is 0 Å². The highest BCUT2D eigenvalue weighted by Gasteiger charge is 2.19. The third-order valence-corrected chi connectivity index (χ3v) is 2.95. The molecule has 1 fully saturated rings. The highest BCUT2D eigenvalue weighted by atomic mass is 15.2. The number of hydrogen-bond donors (Lipinski definition) is 1. The summed E-state index contributed by atoms with van der Waals surface area (Å²) in [4.78, 5) is 6.53. The Hall–Kier alpha value is -0.870. The summed E-state index contributed by atoms with van der Waals surface area (Å²) < 4.78 is 2.23. The molecule has 2 rings (SSSR count). The van der Waals surface area contributed by atoms with Crippen molar-refractivity contribution >= 4 is 0 Å². The number of imidazole rings is 1. The molecule has 2 N–H and O–H groups in total. The molecule has 4 heteroatoms. The van der Waals surface area contributed by atoms with Crippen LogP contribution in [0.25, 0.3) is 0 Å². The largest absolute Gasteiger partial charge is 0.329 e. The summed E-state index contributed by atoms with van der Waals surface area (Å²) in [5.41, 5.74) is 6.81. The Labute approximate surface area is 84.7 Å². The van der Waals surface area contributed by atoms with Gasteiger partial charge in [-0.05, 0) is 26.4 Å². The number of rotatable bonds is 2. The Morgan fingerprint density at radius 1 is 1.64 bits per heavy atom. The van der Waals surface area contributed by atoms with E-state index in [1.807, 2.05) is 12.5 Å². The monoisotopic (exact) mass is 194 g/mol. The molecule has 0 amide bonds. The zero-order valence-corrected chi connectivity index (χ0v) is 8.69. The van der Waals surface area contributed by atoms with Crippen LogP contribution in [0.4, 0.5) is 0 Å². The number of nitrogens with two attached hydrogens (primary N) is 1. The molecule has 0 aliphatic carbocycles. The van der Waals surface area contributed by atoms with Gasteiger partial charge in [-0.25, -0.2) is 4.98 Å². The van der Waals surface area contributed by atoms with E-state index in [2.05, 4.69) is 21.5 Å². The number of hydrogen-bond acceptors (Lipinski definition) is 3. The normalized spacial score (nSPS) is 24.0. The molecule has 1 aliphatic rings. The third-order valence-electron chi connectivity index (χ3n) is 2.95. The van der Waals surface area contributed by atoms with E-state index >= 15 is 0 Å². The van der Waals surface area contributed by atoms with Crippen LogP contribution < -0.4 is 5.73 Å². The van der Waals surface area contributed by atoms with E-state index in [-0.39, 0.29) is 0 Å². The highest BCUT2D eigenvalue weighted by Crippen LogP contribution is 2.21. The van der Waals surface area contributed by atoms with Crippen molar-refractivity contribution in [1.29, 1.82) is 0 Å². The Kier molecular flexibility index (Phi) is 2.84. The van der Waals surface area contributed by atoms with Crippen LogP contribution in [0, 0.1) is 0 Å². The van der Waals surface area contributed by atoms with Gasteiger partial charge in [0.05, 0.1) is 12.0 Å². The lowest BCUT2D eigenvalue weighted by molar-refractivity contribution is 0.210. The SMILES string of the molecule is CN1CCCC(n2cncc2CN)C1. The summed E-state index contributed by atoms with van der Waals surface area (Å²) in [6.45, 7) is 2.91. The molecule has 14 heavy (non-hydrogen) atoms. The summed E-state index contributed by atoms with van der Waals surface area (Å²) in [7, 11) is 2.17. The second-order valence-corrected chi connectivity index (χ2v) is 4.05. The van der Waals surface area contributed by atoms with Gasteiger partial charge in [-0.15, -0.1) is 0 Å². The number of piperidine rings is 1. The van der Waals surface area contributed by atoms with Crippen LogP contribution in [0.5, 0.6) is 0 Å². The Bertz CT molecular complexity index is 294. The third kappa shape index (κ3) is 1.81. The average Bonchev–Trinajstić information content (AvgIpc) is 2.65. The maximum absolute atomic E-state index is 5.66. The molecule has 78 valence electrons. The zero-order valence-electron chi connectivity index (χ0n) is 8.69. The topological polar surface area (TPSA) is 47.1 Å². The van der Waals surface area contributed by atoms with E-state index in [0.717, 1.165) is 12.2 Å². The highest BCUT2D eigenvalue weighted by molar-refractivity contribution is 5.00. The van der Waals surface area contributed by atoms with E-state index in [9.17, 15) is 0 Å². The van der Waals surface area contributed by atoms with Gasteiger partial charge in [0.2, 0.25) is 0 Å². The second-order valence-electron chi connectivity index (χ2n) is 4.05. The van der Waals surface area contributed by atoms with E-state index in [1.54, 1.807) is 0 Å². The van der Waals surface area contributed by atoms with Gasteiger partial charge in [-0.1, -0.05) is 0 Å². The Morgan fingerprint density at radius 2 is 2.50 bits per heavy atom. The van der Waals surface area contributed by atoms with Gasteiger partial charge in [-0.2, -0.15) is 0 Å². The molecular weight excluding hydrogens is 176 g/mol. The van der Waals surface area contributed by atoms with Crippen molar-refractivity contribution in [3.8, 4) is 0 Å². The summed E-state index contributed by atoms with van der Waals surface area (Å²) in [5.74, 6) is 0. The Balaban J connectivity index is 2.13. The van der Waals surface area contributed by atoms with Crippen LogP contribution in [0.1, 0.15) is 24.6 Å². The van der Waals surface area contributed by atoms with Gasteiger partial charge in [0.1, 0.15) is 0 Å². The van der Waals surface area contributed by atoms with E-state index in [0.29, 0.717) is 12.6 Å². The molecule has 0 radical (unpaired) electrons. The summed E-state index contributed by atoms with van der Waals surface area (Å²) in [5, 5.41) is 0. The predicted molar refractivity (Wildman–Crippen MR) is 55.9 cm³/mol. The molecule has 1 aliphatic heterocycles. The molecule has 2 heterocycles. The van der Waals surface area contributed by atoms with Crippen LogP contribution in [0.3, 0.4) is 0 Å². The molecule has 4 nitrogen and oxygen atoms in total. The molecule has 1 aromatic heterocycles. The first kappa shape index (κ1) is 9.68. The summed E-state index contributed by atoms with van der Waals surface area (Å²) in [6.07, 6.45) is 6.29. The molecular formula is C10H18N4. The molecule has 0 saturated carbocycles. The molecule has 1 aromatic rings. The predicted octanol–water partition coefficient (Wildman–Crippen LogP) is 0.608. The molecule has 1 saturated heterocycles. The fourth-order valence-corrected chi connectivity index (χ4v) is 2.19. The van der Waals surface area contributed by atoms with Crippen LogP contribution in [-0.4, -0.2) is 34.6 Å². The maximum atomic E-state index is 5.66. The van der Waals surface area contributed by atoms with Gasteiger partial charge < -0.3 is 15.2 Å². The van der Waals surface area contributed by atoms with Crippen LogP contribution in [-0.2, 0) is 6.54 Å². The second kappa shape index (κ2) is 4.11. The first-order valence-electron chi connectivity index (χ1n) is 5.20. The molecule has 1 atom stereocenters. The van der Waals surface area contributed by atoms with Crippen LogP contribution in [0.15, 0.2) is 12.5 Å². The van der Waals surface area contributed by atoms with Gasteiger partial charge in [0.25, 0.3) is 0 Å². The summed E-state index contributed by atoms with van der Waals surface area (Å²) in [6, 6.07) is 0.565. The standard InChI is InChI=1S/C10H18N4/c1-13-4-2-3-9(7-13)14-8-12-6-10(14)5-11/h6,8-9H,2-5,7,11H2,1H3. The lowest BCUT2D eigenvalue weighted by Gasteiger charge is -2.31. The van der Waals surface area contributed by atoms with Crippen molar-refractivity contribution in [3.05, 3.63) is 18.2 Å². The van der Waals surface area contributed by atoms with Crippen molar-refractivity contribution in [2.24, 2.45) is 5.73 Å². The molecule has 0 bridgehead atoms. The molecule has 0 spiro atoms. The fourth-order valence-electron chi connectivity index (χ4n) is 2.19. The lowest BCUT2D eigenvalue weighted by atomic mass is 10.1. The number of likely N-dealkylation sites (tertiary alicyclic amines) is 1.